The number of hydrogen-bond acceptors (Lipinski definition) is 2. The Bertz CT molecular complexity index is 342. The predicted octanol–water partition coefficient (Wildman–Crippen LogP) is 1.07. The summed E-state index contributed by atoms with van der Waals surface area (Å²) in [4.78, 5) is 11.6. The Hall–Kier alpha value is -1.29. The SMILES string of the molecule is COC(C)(C)C(=O)NCc1ccn(C)c1. The van der Waals surface area contributed by atoms with Gasteiger partial charge in [0.1, 0.15) is 5.60 Å². The largest absolute Gasteiger partial charge is 0.369 e. The first-order valence-corrected chi connectivity index (χ1v) is 4.90. The van der Waals surface area contributed by atoms with Crippen LogP contribution in [0.1, 0.15) is 19.4 Å². The number of rotatable bonds is 4. The summed E-state index contributed by atoms with van der Waals surface area (Å²) in [5.41, 5.74) is 0.312. The first kappa shape index (κ1) is 11.8. The Morgan fingerprint density at radius 2 is 2.27 bits per heavy atom. The van der Waals surface area contributed by atoms with Crippen molar-refractivity contribution in [2.24, 2.45) is 7.05 Å². The third kappa shape index (κ3) is 3.09. The number of nitrogens with zero attached hydrogens (tertiary/aromatic N) is 1. The molecule has 0 spiro atoms. The zero-order valence-electron chi connectivity index (χ0n) is 9.70. The second-order valence-electron chi connectivity index (χ2n) is 4.08. The molecule has 1 amide bonds. The minimum Gasteiger partial charge on any atom is -0.369 e. The number of hydrogen-bond donors (Lipinski definition) is 1. The molecule has 0 saturated heterocycles. The van der Waals surface area contributed by atoms with Crippen molar-refractivity contribution in [3.63, 3.8) is 0 Å². The van der Waals surface area contributed by atoms with Gasteiger partial charge in [-0.2, -0.15) is 0 Å². The minimum absolute atomic E-state index is 0.103. The van der Waals surface area contributed by atoms with E-state index >= 15 is 0 Å². The van der Waals surface area contributed by atoms with E-state index in [1.165, 1.54) is 7.11 Å². The summed E-state index contributed by atoms with van der Waals surface area (Å²) in [6.07, 6.45) is 3.92. The van der Waals surface area contributed by atoms with Gasteiger partial charge in [-0.1, -0.05) is 0 Å². The molecule has 0 radical (unpaired) electrons. The van der Waals surface area contributed by atoms with Gasteiger partial charge in [0.05, 0.1) is 0 Å². The van der Waals surface area contributed by atoms with Gasteiger partial charge < -0.3 is 14.6 Å². The lowest BCUT2D eigenvalue weighted by atomic mass is 10.1. The Kier molecular flexibility index (Phi) is 3.52. The van der Waals surface area contributed by atoms with E-state index in [0.29, 0.717) is 6.54 Å². The normalized spacial score (nSPS) is 11.5. The fraction of sp³-hybridized carbons (Fsp3) is 0.545. The van der Waals surface area contributed by atoms with E-state index in [1.807, 2.05) is 30.1 Å². The van der Waals surface area contributed by atoms with Crippen LogP contribution in [0.4, 0.5) is 0 Å². The van der Waals surface area contributed by atoms with Gasteiger partial charge in [0, 0.05) is 33.1 Å². The summed E-state index contributed by atoms with van der Waals surface area (Å²) in [5, 5.41) is 2.83. The average molecular weight is 210 g/mol. The molecule has 1 aromatic rings. The maximum Gasteiger partial charge on any atom is 0.251 e. The molecule has 0 aromatic carbocycles. The lowest BCUT2D eigenvalue weighted by Gasteiger charge is -2.21. The number of amides is 1. The number of aromatic nitrogens is 1. The van der Waals surface area contributed by atoms with Crippen molar-refractivity contribution in [1.82, 2.24) is 9.88 Å². The summed E-state index contributed by atoms with van der Waals surface area (Å²) in [5.74, 6) is -0.103. The molecule has 0 aliphatic heterocycles. The highest BCUT2D eigenvalue weighted by Crippen LogP contribution is 2.07. The number of ether oxygens (including phenoxy) is 1. The predicted molar refractivity (Wildman–Crippen MR) is 58.3 cm³/mol. The Labute approximate surface area is 90.2 Å². The van der Waals surface area contributed by atoms with Gasteiger partial charge >= 0.3 is 0 Å². The van der Waals surface area contributed by atoms with Crippen LogP contribution in [0.5, 0.6) is 0 Å². The van der Waals surface area contributed by atoms with Crippen LogP contribution in [-0.2, 0) is 23.1 Å². The molecular formula is C11H18N2O2. The molecule has 0 saturated carbocycles. The number of aryl methyl sites for hydroxylation is 1. The molecule has 1 heterocycles. The van der Waals surface area contributed by atoms with Crippen LogP contribution in [0, 0.1) is 0 Å². The maximum atomic E-state index is 11.6. The van der Waals surface area contributed by atoms with Crippen LogP contribution in [0.3, 0.4) is 0 Å². The number of carbonyl (C=O) groups excluding carboxylic acids is 1. The lowest BCUT2D eigenvalue weighted by Crippen LogP contribution is -2.43. The second kappa shape index (κ2) is 4.49. The molecule has 4 nitrogen and oxygen atoms in total. The smallest absolute Gasteiger partial charge is 0.251 e. The minimum atomic E-state index is -0.769. The molecule has 0 fully saturated rings. The average Bonchev–Trinajstić information content (AvgIpc) is 2.60. The van der Waals surface area contributed by atoms with E-state index in [0.717, 1.165) is 5.56 Å². The standard InChI is InChI=1S/C11H18N2O2/c1-11(2,15-4)10(14)12-7-9-5-6-13(3)8-9/h5-6,8H,7H2,1-4H3,(H,12,14). The van der Waals surface area contributed by atoms with Gasteiger partial charge in [-0.3, -0.25) is 4.79 Å². The molecule has 1 aromatic heterocycles. The third-order valence-electron chi connectivity index (χ3n) is 2.40. The summed E-state index contributed by atoms with van der Waals surface area (Å²) in [6.45, 7) is 4.02. The molecule has 0 atom stereocenters. The Morgan fingerprint density at radius 1 is 1.60 bits per heavy atom. The monoisotopic (exact) mass is 210 g/mol. The molecule has 84 valence electrons. The van der Waals surface area contributed by atoms with Crippen molar-refractivity contribution in [1.29, 1.82) is 0 Å². The van der Waals surface area contributed by atoms with Crippen molar-refractivity contribution in [3.8, 4) is 0 Å². The highest BCUT2D eigenvalue weighted by Gasteiger charge is 2.26. The Balaban J connectivity index is 2.47. The molecule has 4 heteroatoms. The summed E-state index contributed by atoms with van der Waals surface area (Å²) >= 11 is 0. The van der Waals surface area contributed by atoms with Gasteiger partial charge in [0.25, 0.3) is 5.91 Å². The van der Waals surface area contributed by atoms with Crippen molar-refractivity contribution in [3.05, 3.63) is 24.0 Å². The van der Waals surface area contributed by atoms with E-state index in [1.54, 1.807) is 13.8 Å². The van der Waals surface area contributed by atoms with E-state index in [4.69, 9.17) is 4.74 Å². The topological polar surface area (TPSA) is 43.3 Å². The molecule has 1 rings (SSSR count). The van der Waals surface area contributed by atoms with Crippen LogP contribution in [-0.4, -0.2) is 23.2 Å². The first-order valence-electron chi connectivity index (χ1n) is 4.90. The summed E-state index contributed by atoms with van der Waals surface area (Å²) < 4.78 is 7.02. The number of carbonyl (C=O) groups is 1. The molecule has 0 unspecified atom stereocenters. The van der Waals surface area contributed by atoms with Crippen LogP contribution in [0.2, 0.25) is 0 Å². The van der Waals surface area contributed by atoms with E-state index in [9.17, 15) is 4.79 Å². The van der Waals surface area contributed by atoms with Gasteiger partial charge in [-0.25, -0.2) is 0 Å². The second-order valence-corrected chi connectivity index (χ2v) is 4.08. The van der Waals surface area contributed by atoms with Crippen molar-refractivity contribution < 1.29 is 9.53 Å². The zero-order chi connectivity index (χ0) is 11.5. The lowest BCUT2D eigenvalue weighted by molar-refractivity contribution is -0.139. The first-order chi connectivity index (χ1) is 6.95. The molecular weight excluding hydrogens is 192 g/mol. The number of nitrogens with one attached hydrogen (secondary N) is 1. The van der Waals surface area contributed by atoms with Gasteiger partial charge in [0.15, 0.2) is 0 Å². The van der Waals surface area contributed by atoms with Crippen molar-refractivity contribution in [2.75, 3.05) is 7.11 Å². The molecule has 0 bridgehead atoms. The van der Waals surface area contributed by atoms with Gasteiger partial charge in [0.2, 0.25) is 0 Å². The van der Waals surface area contributed by atoms with Crippen molar-refractivity contribution in [2.45, 2.75) is 26.0 Å². The van der Waals surface area contributed by atoms with Crippen LogP contribution in [0.25, 0.3) is 0 Å². The quantitative estimate of drug-likeness (QED) is 0.807. The molecule has 15 heavy (non-hydrogen) atoms. The van der Waals surface area contributed by atoms with Gasteiger partial charge in [-0.15, -0.1) is 0 Å². The van der Waals surface area contributed by atoms with Crippen molar-refractivity contribution >= 4 is 5.91 Å². The number of methoxy groups -OCH3 is 1. The van der Waals surface area contributed by atoms with E-state index in [-0.39, 0.29) is 5.91 Å². The Morgan fingerprint density at radius 3 is 2.73 bits per heavy atom. The fourth-order valence-electron chi connectivity index (χ4n) is 1.15. The van der Waals surface area contributed by atoms with Crippen LogP contribution in [0.15, 0.2) is 18.5 Å². The maximum absolute atomic E-state index is 11.6. The highest BCUT2D eigenvalue weighted by molar-refractivity contribution is 5.84. The van der Waals surface area contributed by atoms with Gasteiger partial charge in [-0.05, 0) is 25.5 Å². The highest BCUT2D eigenvalue weighted by atomic mass is 16.5. The van der Waals surface area contributed by atoms with E-state index < -0.39 is 5.60 Å². The van der Waals surface area contributed by atoms with Crippen LogP contribution < -0.4 is 5.32 Å². The molecule has 1 N–H and O–H groups in total. The zero-order valence-corrected chi connectivity index (χ0v) is 9.70. The molecule has 0 aliphatic carbocycles. The summed E-state index contributed by atoms with van der Waals surface area (Å²) in [6, 6.07) is 1.97. The summed E-state index contributed by atoms with van der Waals surface area (Å²) in [7, 11) is 3.48. The third-order valence-corrected chi connectivity index (χ3v) is 2.40. The fourth-order valence-corrected chi connectivity index (χ4v) is 1.15. The van der Waals surface area contributed by atoms with Crippen LogP contribution >= 0.6 is 0 Å². The molecule has 0 aliphatic rings. The van der Waals surface area contributed by atoms with E-state index in [2.05, 4.69) is 5.32 Å².